The SMILES string of the molecule is CC1CCN(C(=O)c2cccc(S(=O)(=O)Nc3ccc(Br)cc3)c2)CC1. The highest BCUT2D eigenvalue weighted by Crippen LogP contribution is 2.22. The van der Waals surface area contributed by atoms with E-state index in [-0.39, 0.29) is 10.8 Å². The fourth-order valence-electron chi connectivity index (χ4n) is 2.92. The maximum Gasteiger partial charge on any atom is 0.261 e. The largest absolute Gasteiger partial charge is 0.339 e. The fraction of sp³-hybridized carbons (Fsp3) is 0.316. The second kappa shape index (κ2) is 7.80. The maximum atomic E-state index is 12.7. The number of carbonyl (C=O) groups is 1. The van der Waals surface area contributed by atoms with E-state index in [0.29, 0.717) is 30.3 Å². The Balaban J connectivity index is 1.79. The molecule has 0 radical (unpaired) electrons. The Morgan fingerprint density at radius 3 is 2.42 bits per heavy atom. The predicted octanol–water partition coefficient (Wildman–Crippen LogP) is 4.12. The summed E-state index contributed by atoms with van der Waals surface area (Å²) < 4.78 is 28.7. The van der Waals surface area contributed by atoms with Crippen molar-refractivity contribution in [3.8, 4) is 0 Å². The first-order valence-electron chi connectivity index (χ1n) is 8.53. The number of hydrogen-bond donors (Lipinski definition) is 1. The van der Waals surface area contributed by atoms with Crippen molar-refractivity contribution >= 4 is 37.5 Å². The lowest BCUT2D eigenvalue weighted by atomic mass is 9.98. The third kappa shape index (κ3) is 4.45. The van der Waals surface area contributed by atoms with Crippen LogP contribution in [-0.4, -0.2) is 32.3 Å². The van der Waals surface area contributed by atoms with Gasteiger partial charge >= 0.3 is 0 Å². The molecule has 0 bridgehead atoms. The van der Waals surface area contributed by atoms with E-state index in [1.807, 2.05) is 0 Å². The summed E-state index contributed by atoms with van der Waals surface area (Å²) in [4.78, 5) is 14.6. The lowest BCUT2D eigenvalue weighted by molar-refractivity contribution is 0.0697. The lowest BCUT2D eigenvalue weighted by Crippen LogP contribution is -2.37. The molecule has 1 amide bonds. The Labute approximate surface area is 162 Å². The standard InChI is InChI=1S/C19H21BrN2O3S/c1-14-9-11-22(12-10-14)19(23)15-3-2-4-18(13-15)26(24,25)21-17-7-5-16(20)6-8-17/h2-8,13-14,21H,9-12H2,1H3. The van der Waals surface area contributed by atoms with Gasteiger partial charge in [0.1, 0.15) is 0 Å². The molecule has 1 heterocycles. The van der Waals surface area contributed by atoms with E-state index in [0.717, 1.165) is 17.3 Å². The summed E-state index contributed by atoms with van der Waals surface area (Å²) in [5.74, 6) is 0.512. The number of likely N-dealkylation sites (tertiary alicyclic amines) is 1. The zero-order chi connectivity index (χ0) is 18.7. The highest BCUT2D eigenvalue weighted by molar-refractivity contribution is 9.10. The summed E-state index contributed by atoms with van der Waals surface area (Å²) >= 11 is 3.32. The molecule has 1 fully saturated rings. The van der Waals surface area contributed by atoms with Gasteiger partial charge in [0, 0.05) is 28.8 Å². The summed E-state index contributed by atoms with van der Waals surface area (Å²) in [5, 5.41) is 0. The number of anilines is 1. The van der Waals surface area contributed by atoms with Crippen LogP contribution in [0.3, 0.4) is 0 Å². The van der Waals surface area contributed by atoms with Crippen LogP contribution >= 0.6 is 15.9 Å². The van der Waals surface area contributed by atoms with E-state index in [1.54, 1.807) is 41.3 Å². The zero-order valence-corrected chi connectivity index (χ0v) is 16.9. The van der Waals surface area contributed by atoms with E-state index in [4.69, 9.17) is 0 Å². The molecule has 1 saturated heterocycles. The monoisotopic (exact) mass is 436 g/mol. The molecule has 2 aromatic rings. The quantitative estimate of drug-likeness (QED) is 0.783. The van der Waals surface area contributed by atoms with Crippen LogP contribution in [0.25, 0.3) is 0 Å². The fourth-order valence-corrected chi connectivity index (χ4v) is 4.29. The van der Waals surface area contributed by atoms with Crippen LogP contribution in [0.2, 0.25) is 0 Å². The predicted molar refractivity (Wildman–Crippen MR) is 106 cm³/mol. The third-order valence-electron chi connectivity index (χ3n) is 4.56. The topological polar surface area (TPSA) is 66.5 Å². The molecule has 0 unspecified atom stereocenters. The highest BCUT2D eigenvalue weighted by Gasteiger charge is 2.23. The molecule has 0 spiro atoms. The molecule has 2 aromatic carbocycles. The first-order chi connectivity index (χ1) is 12.3. The smallest absolute Gasteiger partial charge is 0.261 e. The number of hydrogen-bond acceptors (Lipinski definition) is 3. The van der Waals surface area contributed by atoms with Gasteiger partial charge in [-0.1, -0.05) is 28.9 Å². The molecule has 138 valence electrons. The van der Waals surface area contributed by atoms with Crippen LogP contribution in [0.5, 0.6) is 0 Å². The Morgan fingerprint density at radius 1 is 1.12 bits per heavy atom. The van der Waals surface area contributed by atoms with Gasteiger partial charge in [0.2, 0.25) is 0 Å². The van der Waals surface area contributed by atoms with E-state index >= 15 is 0 Å². The number of sulfonamides is 1. The number of nitrogens with zero attached hydrogens (tertiary/aromatic N) is 1. The number of carbonyl (C=O) groups excluding carboxylic acids is 1. The highest BCUT2D eigenvalue weighted by atomic mass is 79.9. The van der Waals surface area contributed by atoms with Crippen LogP contribution < -0.4 is 4.72 Å². The second-order valence-electron chi connectivity index (χ2n) is 6.61. The van der Waals surface area contributed by atoms with Crippen molar-refractivity contribution in [3.63, 3.8) is 0 Å². The molecular formula is C19H21BrN2O3S. The average Bonchev–Trinajstić information content (AvgIpc) is 2.64. The lowest BCUT2D eigenvalue weighted by Gasteiger charge is -2.30. The molecule has 0 aromatic heterocycles. The summed E-state index contributed by atoms with van der Waals surface area (Å²) in [5.41, 5.74) is 0.869. The Kier molecular flexibility index (Phi) is 5.67. The second-order valence-corrected chi connectivity index (χ2v) is 9.21. The molecule has 1 N–H and O–H groups in total. The average molecular weight is 437 g/mol. The normalized spacial score (nSPS) is 15.7. The minimum atomic E-state index is -3.76. The molecule has 26 heavy (non-hydrogen) atoms. The molecule has 0 aliphatic carbocycles. The van der Waals surface area contributed by atoms with E-state index in [1.165, 1.54) is 12.1 Å². The van der Waals surface area contributed by atoms with Crippen LogP contribution in [0, 0.1) is 5.92 Å². The molecule has 1 aliphatic heterocycles. The number of piperidine rings is 1. The first kappa shape index (κ1) is 18.9. The number of amides is 1. The molecule has 0 atom stereocenters. The van der Waals surface area contributed by atoms with Gasteiger partial charge in [0.05, 0.1) is 4.90 Å². The number of halogens is 1. The summed E-state index contributed by atoms with van der Waals surface area (Å²) in [6.07, 6.45) is 1.96. The molecule has 1 aliphatic rings. The minimum Gasteiger partial charge on any atom is -0.339 e. The molecule has 0 saturated carbocycles. The Bertz CT molecular complexity index is 889. The Hall–Kier alpha value is -1.86. The number of nitrogens with one attached hydrogen (secondary N) is 1. The van der Waals surface area contributed by atoms with Gasteiger partial charge in [0.15, 0.2) is 0 Å². The van der Waals surface area contributed by atoms with Crippen LogP contribution in [-0.2, 0) is 10.0 Å². The maximum absolute atomic E-state index is 12.7. The van der Waals surface area contributed by atoms with Crippen molar-refractivity contribution < 1.29 is 13.2 Å². The minimum absolute atomic E-state index is 0.0802. The van der Waals surface area contributed by atoms with Gasteiger partial charge in [-0.3, -0.25) is 9.52 Å². The summed E-state index contributed by atoms with van der Waals surface area (Å²) in [7, 11) is -3.76. The van der Waals surface area contributed by atoms with Gasteiger partial charge in [-0.15, -0.1) is 0 Å². The number of benzene rings is 2. The van der Waals surface area contributed by atoms with Gasteiger partial charge in [-0.05, 0) is 61.2 Å². The molecule has 5 nitrogen and oxygen atoms in total. The van der Waals surface area contributed by atoms with E-state index in [9.17, 15) is 13.2 Å². The van der Waals surface area contributed by atoms with Gasteiger partial charge in [-0.2, -0.15) is 0 Å². The third-order valence-corrected chi connectivity index (χ3v) is 6.47. The van der Waals surface area contributed by atoms with Crippen molar-refractivity contribution in [1.29, 1.82) is 0 Å². The van der Waals surface area contributed by atoms with Gasteiger partial charge < -0.3 is 4.90 Å². The van der Waals surface area contributed by atoms with Gasteiger partial charge in [-0.25, -0.2) is 8.42 Å². The van der Waals surface area contributed by atoms with Crippen molar-refractivity contribution in [2.75, 3.05) is 17.8 Å². The molecule has 3 rings (SSSR count). The Morgan fingerprint density at radius 2 is 1.77 bits per heavy atom. The van der Waals surface area contributed by atoms with Crippen molar-refractivity contribution in [2.24, 2.45) is 5.92 Å². The summed E-state index contributed by atoms with van der Waals surface area (Å²) in [6.45, 7) is 3.62. The van der Waals surface area contributed by atoms with Crippen molar-refractivity contribution in [1.82, 2.24) is 4.90 Å². The van der Waals surface area contributed by atoms with Crippen LogP contribution in [0.4, 0.5) is 5.69 Å². The summed E-state index contributed by atoms with van der Waals surface area (Å²) in [6, 6.07) is 13.1. The van der Waals surface area contributed by atoms with E-state index < -0.39 is 10.0 Å². The molecule has 7 heteroatoms. The van der Waals surface area contributed by atoms with E-state index in [2.05, 4.69) is 27.6 Å². The van der Waals surface area contributed by atoms with Crippen molar-refractivity contribution in [3.05, 3.63) is 58.6 Å². The van der Waals surface area contributed by atoms with Crippen LogP contribution in [0.1, 0.15) is 30.1 Å². The van der Waals surface area contributed by atoms with Gasteiger partial charge in [0.25, 0.3) is 15.9 Å². The van der Waals surface area contributed by atoms with Crippen LogP contribution in [0.15, 0.2) is 57.9 Å². The first-order valence-corrected chi connectivity index (χ1v) is 10.8. The zero-order valence-electron chi connectivity index (χ0n) is 14.5. The van der Waals surface area contributed by atoms with Crippen molar-refractivity contribution in [2.45, 2.75) is 24.7 Å². The molecular weight excluding hydrogens is 416 g/mol. The number of rotatable bonds is 4.